The van der Waals surface area contributed by atoms with E-state index >= 15 is 0 Å². The molecule has 1 aromatic rings. The lowest BCUT2D eigenvalue weighted by atomic mass is 9.94. The highest BCUT2D eigenvalue weighted by atomic mass is 16.6. The Morgan fingerprint density at radius 3 is 2.72 bits per heavy atom. The zero-order chi connectivity index (χ0) is 13.1. The summed E-state index contributed by atoms with van der Waals surface area (Å²) in [6.07, 6.45) is 5.01. The van der Waals surface area contributed by atoms with Crippen LogP contribution in [0.2, 0.25) is 0 Å². The number of aryl methyl sites for hydroxylation is 1. The molecule has 2 N–H and O–H groups in total. The molecule has 1 heterocycles. The van der Waals surface area contributed by atoms with Gasteiger partial charge >= 0.3 is 5.69 Å². The lowest BCUT2D eigenvalue weighted by Crippen LogP contribution is -2.32. The van der Waals surface area contributed by atoms with Crippen LogP contribution in [0.25, 0.3) is 0 Å². The summed E-state index contributed by atoms with van der Waals surface area (Å²) in [7, 11) is 0. The van der Waals surface area contributed by atoms with E-state index in [0.717, 1.165) is 31.2 Å². The smallest absolute Gasteiger partial charge is 0.331 e. The Balaban J connectivity index is 2.11. The molecular weight excluding hydrogens is 234 g/mol. The number of nitrogens with two attached hydrogens (primary N) is 1. The number of nitro groups is 1. The van der Waals surface area contributed by atoms with Crippen LogP contribution < -0.4 is 10.5 Å². The maximum atomic E-state index is 10.9. The van der Waals surface area contributed by atoms with Crippen LogP contribution >= 0.6 is 0 Å². The standard InChI is InChI=1S/C12H17N3O3/c1-8-6-11(15(16)17)12(14-7-8)18-10-4-2-9(13)3-5-10/h6-7,9-10H,2-5,13H2,1H3. The summed E-state index contributed by atoms with van der Waals surface area (Å²) in [5.41, 5.74) is 6.49. The average molecular weight is 251 g/mol. The number of nitrogens with zero attached hydrogens (tertiary/aromatic N) is 2. The number of hydrogen-bond donors (Lipinski definition) is 1. The molecule has 0 saturated heterocycles. The third-order valence-electron chi connectivity index (χ3n) is 3.16. The Morgan fingerprint density at radius 2 is 2.11 bits per heavy atom. The van der Waals surface area contributed by atoms with Gasteiger partial charge in [-0.3, -0.25) is 10.1 Å². The van der Waals surface area contributed by atoms with E-state index in [0.29, 0.717) is 0 Å². The molecule has 1 aromatic heterocycles. The highest BCUT2D eigenvalue weighted by Gasteiger charge is 2.24. The van der Waals surface area contributed by atoms with Crippen molar-refractivity contribution in [1.82, 2.24) is 4.98 Å². The second-order valence-electron chi connectivity index (χ2n) is 4.75. The van der Waals surface area contributed by atoms with E-state index in [4.69, 9.17) is 10.5 Å². The number of pyridine rings is 1. The number of rotatable bonds is 3. The predicted octanol–water partition coefficient (Wildman–Crippen LogP) is 1.95. The summed E-state index contributed by atoms with van der Waals surface area (Å²) < 4.78 is 5.64. The molecule has 0 aromatic carbocycles. The van der Waals surface area contributed by atoms with Gasteiger partial charge in [0.25, 0.3) is 5.88 Å². The molecule has 1 aliphatic carbocycles. The van der Waals surface area contributed by atoms with Crippen LogP contribution in [0, 0.1) is 17.0 Å². The summed E-state index contributed by atoms with van der Waals surface area (Å²) in [4.78, 5) is 14.5. The van der Waals surface area contributed by atoms with Crippen molar-refractivity contribution in [2.45, 2.75) is 44.8 Å². The minimum atomic E-state index is -0.454. The Hall–Kier alpha value is -1.69. The Bertz CT molecular complexity index is 442. The molecule has 0 atom stereocenters. The van der Waals surface area contributed by atoms with Crippen LogP contribution in [0.1, 0.15) is 31.2 Å². The molecule has 0 bridgehead atoms. The van der Waals surface area contributed by atoms with Crippen LogP contribution in [0.15, 0.2) is 12.3 Å². The van der Waals surface area contributed by atoms with Gasteiger partial charge in [0.15, 0.2) is 0 Å². The normalized spacial score (nSPS) is 23.7. The second kappa shape index (κ2) is 5.30. The van der Waals surface area contributed by atoms with E-state index in [9.17, 15) is 10.1 Å². The monoisotopic (exact) mass is 251 g/mol. The first-order valence-corrected chi connectivity index (χ1v) is 6.09. The summed E-state index contributed by atoms with van der Waals surface area (Å²) in [5, 5.41) is 10.9. The molecule has 2 rings (SSSR count). The van der Waals surface area contributed by atoms with Gasteiger partial charge in [-0.2, -0.15) is 0 Å². The molecule has 1 aliphatic rings. The van der Waals surface area contributed by atoms with E-state index in [1.54, 1.807) is 13.1 Å². The molecule has 98 valence electrons. The van der Waals surface area contributed by atoms with E-state index in [1.807, 2.05) is 0 Å². The number of aromatic nitrogens is 1. The van der Waals surface area contributed by atoms with E-state index in [2.05, 4.69) is 4.98 Å². The van der Waals surface area contributed by atoms with Crippen molar-refractivity contribution >= 4 is 5.69 Å². The summed E-state index contributed by atoms with van der Waals surface area (Å²) in [5.74, 6) is 0.117. The highest BCUT2D eigenvalue weighted by molar-refractivity contribution is 5.42. The van der Waals surface area contributed by atoms with Crippen LogP contribution in [0.4, 0.5) is 5.69 Å². The Kier molecular flexibility index (Phi) is 3.76. The Labute approximate surface area is 105 Å². The van der Waals surface area contributed by atoms with Crippen molar-refractivity contribution in [1.29, 1.82) is 0 Å². The van der Waals surface area contributed by atoms with Gasteiger partial charge in [0.05, 0.1) is 4.92 Å². The molecule has 0 spiro atoms. The van der Waals surface area contributed by atoms with Gasteiger partial charge in [-0.15, -0.1) is 0 Å². The molecule has 0 radical (unpaired) electrons. The fourth-order valence-corrected chi connectivity index (χ4v) is 2.13. The maximum absolute atomic E-state index is 10.9. The minimum absolute atomic E-state index is 0.0151. The van der Waals surface area contributed by atoms with Gasteiger partial charge < -0.3 is 10.5 Å². The third-order valence-corrected chi connectivity index (χ3v) is 3.16. The van der Waals surface area contributed by atoms with Crippen molar-refractivity contribution in [3.8, 4) is 5.88 Å². The summed E-state index contributed by atoms with van der Waals surface area (Å²) in [6.45, 7) is 1.77. The maximum Gasteiger partial charge on any atom is 0.331 e. The van der Waals surface area contributed by atoms with Crippen LogP contribution in [-0.4, -0.2) is 22.1 Å². The third kappa shape index (κ3) is 2.95. The van der Waals surface area contributed by atoms with E-state index in [1.165, 1.54) is 6.07 Å². The van der Waals surface area contributed by atoms with Crippen molar-refractivity contribution in [2.24, 2.45) is 5.73 Å². The molecular formula is C12H17N3O3. The predicted molar refractivity (Wildman–Crippen MR) is 66.5 cm³/mol. The van der Waals surface area contributed by atoms with Crippen LogP contribution in [-0.2, 0) is 0 Å². The first-order valence-electron chi connectivity index (χ1n) is 6.09. The fourth-order valence-electron chi connectivity index (χ4n) is 2.13. The zero-order valence-electron chi connectivity index (χ0n) is 10.3. The molecule has 0 amide bonds. The van der Waals surface area contributed by atoms with Gasteiger partial charge in [-0.05, 0) is 38.2 Å². The number of hydrogen-bond acceptors (Lipinski definition) is 5. The van der Waals surface area contributed by atoms with Gasteiger partial charge in [0.1, 0.15) is 6.10 Å². The molecule has 0 aliphatic heterocycles. The van der Waals surface area contributed by atoms with Crippen LogP contribution in [0.5, 0.6) is 5.88 Å². The van der Waals surface area contributed by atoms with Gasteiger partial charge in [0.2, 0.25) is 0 Å². The van der Waals surface area contributed by atoms with Crippen LogP contribution in [0.3, 0.4) is 0 Å². The molecule has 0 unspecified atom stereocenters. The van der Waals surface area contributed by atoms with Gasteiger partial charge in [0, 0.05) is 18.3 Å². The van der Waals surface area contributed by atoms with Crippen molar-refractivity contribution < 1.29 is 9.66 Å². The summed E-state index contributed by atoms with van der Waals surface area (Å²) >= 11 is 0. The molecule has 1 saturated carbocycles. The molecule has 18 heavy (non-hydrogen) atoms. The van der Waals surface area contributed by atoms with E-state index < -0.39 is 4.92 Å². The minimum Gasteiger partial charge on any atom is -0.469 e. The van der Waals surface area contributed by atoms with Crippen molar-refractivity contribution in [3.63, 3.8) is 0 Å². The van der Waals surface area contributed by atoms with Gasteiger partial charge in [-0.25, -0.2) is 4.98 Å². The Morgan fingerprint density at radius 1 is 1.44 bits per heavy atom. The molecule has 1 fully saturated rings. The zero-order valence-corrected chi connectivity index (χ0v) is 10.3. The second-order valence-corrected chi connectivity index (χ2v) is 4.75. The van der Waals surface area contributed by atoms with Gasteiger partial charge in [-0.1, -0.05) is 0 Å². The van der Waals surface area contributed by atoms with Crippen molar-refractivity contribution in [2.75, 3.05) is 0 Å². The quantitative estimate of drug-likeness (QED) is 0.654. The molecule has 6 nitrogen and oxygen atoms in total. The van der Waals surface area contributed by atoms with Crippen molar-refractivity contribution in [3.05, 3.63) is 27.9 Å². The lowest BCUT2D eigenvalue weighted by Gasteiger charge is -2.26. The first kappa shape index (κ1) is 12.8. The number of ether oxygens (including phenoxy) is 1. The topological polar surface area (TPSA) is 91.3 Å². The molecule has 6 heteroatoms. The average Bonchev–Trinajstić information content (AvgIpc) is 2.34. The first-order chi connectivity index (χ1) is 8.56. The lowest BCUT2D eigenvalue weighted by molar-refractivity contribution is -0.386. The van der Waals surface area contributed by atoms with E-state index in [-0.39, 0.29) is 23.7 Å². The summed E-state index contributed by atoms with van der Waals surface area (Å²) in [6, 6.07) is 1.71. The SMILES string of the molecule is Cc1cnc(OC2CCC(N)CC2)c([N+](=O)[O-])c1. The fraction of sp³-hybridized carbons (Fsp3) is 0.583. The highest BCUT2D eigenvalue weighted by Crippen LogP contribution is 2.29. The largest absolute Gasteiger partial charge is 0.469 e.